The van der Waals surface area contributed by atoms with Gasteiger partial charge in [0.15, 0.2) is 5.65 Å². The van der Waals surface area contributed by atoms with E-state index < -0.39 is 8.53 Å². The summed E-state index contributed by atoms with van der Waals surface area (Å²) in [6.45, 7) is 9.41. The second-order valence-corrected chi connectivity index (χ2v) is 8.02. The van der Waals surface area contributed by atoms with E-state index in [0.717, 1.165) is 0 Å². The van der Waals surface area contributed by atoms with Crippen molar-refractivity contribution >= 4 is 19.7 Å². The number of hydrogen-bond donors (Lipinski definition) is 1. The number of fused-ring (bicyclic) bond motifs is 1. The first-order chi connectivity index (χ1) is 13.5. The molecule has 0 amide bonds. The molecule has 29 heavy (non-hydrogen) atoms. The average Bonchev–Trinajstić information content (AvgIpc) is 2.99. The van der Waals surface area contributed by atoms with Crippen LogP contribution in [0.3, 0.4) is 0 Å². The molecule has 2 aromatic heterocycles. The van der Waals surface area contributed by atoms with Crippen LogP contribution < -0.4 is 0 Å². The molecule has 1 atom stereocenters. The Bertz CT molecular complexity index is 777. The number of imidazole rings is 1. The number of rotatable bonds is 12. The summed E-state index contributed by atoms with van der Waals surface area (Å²) in [6, 6.07) is 2.55. The van der Waals surface area contributed by atoms with E-state index in [1.807, 2.05) is 4.57 Å². The van der Waals surface area contributed by atoms with Gasteiger partial charge in [-0.25, -0.2) is 24.5 Å². The molecule has 1 N–H and O–H groups in total. The first kappa shape index (κ1) is 26.0. The van der Waals surface area contributed by atoms with Crippen molar-refractivity contribution < 1.29 is 39.3 Å². The molecule has 12 heteroatoms. The van der Waals surface area contributed by atoms with Crippen LogP contribution in [0.15, 0.2) is 12.5 Å². The van der Waals surface area contributed by atoms with Crippen LogP contribution in [0.1, 0.15) is 39.9 Å². The number of aromatic nitrogens is 4. The van der Waals surface area contributed by atoms with Crippen LogP contribution in [0, 0.1) is 11.3 Å². The van der Waals surface area contributed by atoms with E-state index >= 15 is 0 Å². The molecule has 0 aliphatic rings. The third-order valence-electron chi connectivity index (χ3n) is 3.86. The maximum Gasteiger partial charge on any atom is 0.259 e. The van der Waals surface area contributed by atoms with E-state index in [4.69, 9.17) is 19.6 Å². The monoisotopic (exact) mass is 603 g/mol. The van der Waals surface area contributed by atoms with E-state index in [-0.39, 0.29) is 38.8 Å². The standard InChI is InChI=1S/C17H27N6O4P.Ir/c1-13(2)23(14(3)4)28(26-8-5-6-18)27-9-7-22-16(11-25-24)21-15-10-19-12-20-17(15)22;/h10,12-14,24H,5,7-9,11H2,1-4H3;. The Morgan fingerprint density at radius 2 is 1.93 bits per heavy atom. The molecule has 1 radical (unpaired) electrons. The van der Waals surface area contributed by atoms with Gasteiger partial charge in [0.1, 0.15) is 24.3 Å². The second kappa shape index (κ2) is 13.3. The second-order valence-electron chi connectivity index (χ2n) is 6.56. The quantitative estimate of drug-likeness (QED) is 0.169. The zero-order chi connectivity index (χ0) is 20.5. The van der Waals surface area contributed by atoms with Crippen LogP contribution in [-0.2, 0) is 47.2 Å². The van der Waals surface area contributed by atoms with Gasteiger partial charge in [-0.1, -0.05) is 0 Å². The van der Waals surface area contributed by atoms with Gasteiger partial charge in [0, 0.05) is 38.7 Å². The first-order valence-electron chi connectivity index (χ1n) is 9.12. The van der Waals surface area contributed by atoms with Crippen molar-refractivity contribution in [3.05, 3.63) is 18.3 Å². The summed E-state index contributed by atoms with van der Waals surface area (Å²) in [4.78, 5) is 16.9. The predicted molar refractivity (Wildman–Crippen MR) is 104 cm³/mol. The molecule has 2 rings (SSSR count). The molecule has 0 aliphatic carbocycles. The van der Waals surface area contributed by atoms with Crippen LogP contribution in [0.5, 0.6) is 0 Å². The Hall–Kier alpha value is -1.08. The molecule has 1 unspecified atom stereocenters. The maximum atomic E-state index is 8.83. The SMILES string of the molecule is CC(C)N(C(C)C)P(OCCC#N)OCCn1c(COO)nc2cncnc21.[Ir]. The van der Waals surface area contributed by atoms with Gasteiger partial charge in [-0.15, -0.1) is 0 Å². The fraction of sp³-hybridized carbons (Fsp3) is 0.647. The minimum absolute atomic E-state index is 0. The Morgan fingerprint density at radius 1 is 1.24 bits per heavy atom. The normalized spacial score (nSPS) is 12.5. The summed E-state index contributed by atoms with van der Waals surface area (Å²) < 4.78 is 16.0. The number of nitrogens with zero attached hydrogens (tertiary/aromatic N) is 6. The van der Waals surface area contributed by atoms with E-state index in [2.05, 4.69) is 58.3 Å². The van der Waals surface area contributed by atoms with E-state index in [1.54, 1.807) is 6.20 Å². The first-order valence-corrected chi connectivity index (χ1v) is 10.2. The summed E-state index contributed by atoms with van der Waals surface area (Å²) in [6.07, 6.45) is 3.37. The maximum absolute atomic E-state index is 8.83. The van der Waals surface area contributed by atoms with Crippen molar-refractivity contribution in [1.82, 2.24) is 24.2 Å². The Balaban J connectivity index is 0.00000420. The van der Waals surface area contributed by atoms with Gasteiger partial charge in [0.05, 0.1) is 31.9 Å². The Kier molecular flexibility index (Phi) is 11.9. The summed E-state index contributed by atoms with van der Waals surface area (Å²) in [5, 5.41) is 17.6. The molecular weight excluding hydrogens is 575 g/mol. The Morgan fingerprint density at radius 3 is 2.55 bits per heavy atom. The topological polar surface area (TPSA) is 119 Å². The van der Waals surface area contributed by atoms with Crippen molar-refractivity contribution in [3.8, 4) is 6.07 Å². The Labute approximate surface area is 185 Å². The molecule has 0 saturated carbocycles. The van der Waals surface area contributed by atoms with Crippen LogP contribution >= 0.6 is 8.53 Å². The van der Waals surface area contributed by atoms with Gasteiger partial charge >= 0.3 is 0 Å². The zero-order valence-electron chi connectivity index (χ0n) is 17.0. The van der Waals surface area contributed by atoms with Crippen LogP contribution in [0.4, 0.5) is 0 Å². The third kappa shape index (κ3) is 7.28. The molecule has 0 bridgehead atoms. The molecule has 0 fully saturated rings. The van der Waals surface area contributed by atoms with Gasteiger partial charge in [0.2, 0.25) is 0 Å². The summed E-state index contributed by atoms with van der Waals surface area (Å²) >= 11 is 0. The van der Waals surface area contributed by atoms with Crippen LogP contribution in [0.25, 0.3) is 11.2 Å². The van der Waals surface area contributed by atoms with Gasteiger partial charge < -0.3 is 13.6 Å². The van der Waals surface area contributed by atoms with Crippen molar-refractivity contribution in [2.75, 3.05) is 13.2 Å². The molecule has 0 aromatic carbocycles. The molecule has 10 nitrogen and oxygen atoms in total. The van der Waals surface area contributed by atoms with Crippen molar-refractivity contribution in [2.45, 2.75) is 59.4 Å². The molecule has 2 heterocycles. The average molecular weight is 603 g/mol. The smallest absolute Gasteiger partial charge is 0.259 e. The van der Waals surface area contributed by atoms with E-state index in [1.165, 1.54) is 6.33 Å². The molecule has 0 spiro atoms. The van der Waals surface area contributed by atoms with Gasteiger partial charge in [-0.2, -0.15) is 5.26 Å². The summed E-state index contributed by atoms with van der Waals surface area (Å²) in [7, 11) is -1.32. The van der Waals surface area contributed by atoms with Crippen molar-refractivity contribution in [1.29, 1.82) is 5.26 Å². The third-order valence-corrected chi connectivity index (χ3v) is 5.97. The fourth-order valence-electron chi connectivity index (χ4n) is 2.85. The minimum atomic E-state index is -1.32. The van der Waals surface area contributed by atoms with Gasteiger partial charge in [-0.3, -0.25) is 5.26 Å². The van der Waals surface area contributed by atoms with Gasteiger partial charge in [-0.05, 0) is 27.7 Å². The number of hydrogen-bond acceptors (Lipinski definition) is 9. The molecule has 163 valence electrons. The number of nitriles is 1. The molecule has 2 aromatic rings. The fourth-order valence-corrected chi connectivity index (χ4v) is 4.43. The van der Waals surface area contributed by atoms with E-state index in [9.17, 15) is 0 Å². The predicted octanol–water partition coefficient (Wildman–Crippen LogP) is 3.11. The summed E-state index contributed by atoms with van der Waals surface area (Å²) in [5.41, 5.74) is 1.26. The van der Waals surface area contributed by atoms with Crippen LogP contribution in [-0.4, -0.2) is 54.7 Å². The zero-order valence-corrected chi connectivity index (χ0v) is 20.3. The molecule has 0 saturated heterocycles. The van der Waals surface area contributed by atoms with Gasteiger partial charge in [0.25, 0.3) is 8.53 Å². The minimum Gasteiger partial charge on any atom is -0.321 e. The van der Waals surface area contributed by atoms with E-state index in [0.29, 0.717) is 43.2 Å². The van der Waals surface area contributed by atoms with Crippen molar-refractivity contribution in [3.63, 3.8) is 0 Å². The molecular formula is C17H27IrN6O4P. The molecule has 0 aliphatic heterocycles. The van der Waals surface area contributed by atoms with Crippen LogP contribution in [0.2, 0.25) is 0 Å². The largest absolute Gasteiger partial charge is 0.321 e. The summed E-state index contributed by atoms with van der Waals surface area (Å²) in [5.74, 6) is 0.529. The van der Waals surface area contributed by atoms with Crippen molar-refractivity contribution in [2.24, 2.45) is 0 Å².